The fourth-order valence-electron chi connectivity index (χ4n) is 3.42. The van der Waals surface area contributed by atoms with Crippen LogP contribution in [0.5, 0.6) is 0 Å². The first-order valence-corrected chi connectivity index (χ1v) is 8.49. The van der Waals surface area contributed by atoms with Gasteiger partial charge in [0.1, 0.15) is 12.0 Å². The lowest BCUT2D eigenvalue weighted by atomic mass is 10.2. The maximum Gasteiger partial charge on any atom is 0.293 e. The van der Waals surface area contributed by atoms with Crippen molar-refractivity contribution in [3.8, 4) is 0 Å². The number of amides is 1. The van der Waals surface area contributed by atoms with Crippen molar-refractivity contribution in [2.24, 2.45) is 7.05 Å². The fraction of sp³-hybridized carbons (Fsp3) is 0.667. The molecule has 1 fully saturated rings. The smallest absolute Gasteiger partial charge is 0.293 e. The number of fused-ring (bicyclic) bond motifs is 1. The van der Waals surface area contributed by atoms with Crippen LogP contribution in [0.4, 0.5) is 0 Å². The maximum atomic E-state index is 12.7. The van der Waals surface area contributed by atoms with Gasteiger partial charge in [0.2, 0.25) is 5.82 Å². The number of aromatic nitrogens is 6. The third-order valence-corrected chi connectivity index (χ3v) is 4.71. The normalized spacial score (nSPS) is 18.6. The standard InChI is InChI=1S/C15H22N8O/c1-20-11-16-14(18-20)15(24)22-7-4-8-23-13(10-22)12(17-19-23)9-21-5-2-3-6-21/h11H,2-10H2,1H3. The molecular weight excluding hydrogens is 308 g/mol. The summed E-state index contributed by atoms with van der Waals surface area (Å²) in [5.74, 6) is 0.122. The Kier molecular flexibility index (Phi) is 4.01. The molecule has 0 aromatic carbocycles. The fourth-order valence-corrected chi connectivity index (χ4v) is 3.42. The Morgan fingerprint density at radius 1 is 1.17 bits per heavy atom. The molecule has 0 radical (unpaired) electrons. The summed E-state index contributed by atoms with van der Waals surface area (Å²) in [6, 6.07) is 0. The van der Waals surface area contributed by atoms with Crippen LogP contribution in [0.2, 0.25) is 0 Å². The van der Waals surface area contributed by atoms with Gasteiger partial charge >= 0.3 is 0 Å². The van der Waals surface area contributed by atoms with Crippen molar-refractivity contribution in [1.82, 2.24) is 39.6 Å². The Balaban J connectivity index is 1.54. The van der Waals surface area contributed by atoms with E-state index in [2.05, 4.69) is 25.3 Å². The van der Waals surface area contributed by atoms with Gasteiger partial charge in [-0.15, -0.1) is 10.2 Å². The summed E-state index contributed by atoms with van der Waals surface area (Å²) in [5, 5.41) is 12.8. The van der Waals surface area contributed by atoms with Crippen LogP contribution >= 0.6 is 0 Å². The van der Waals surface area contributed by atoms with Gasteiger partial charge in [-0.3, -0.25) is 14.4 Å². The second-order valence-electron chi connectivity index (χ2n) is 6.51. The molecule has 0 saturated carbocycles. The zero-order valence-electron chi connectivity index (χ0n) is 13.9. The Hall–Kier alpha value is -2.29. The number of carbonyl (C=O) groups excluding carboxylic acids is 1. The van der Waals surface area contributed by atoms with Crippen LogP contribution in [0.15, 0.2) is 6.33 Å². The van der Waals surface area contributed by atoms with Gasteiger partial charge in [0.05, 0.1) is 12.2 Å². The molecule has 0 spiro atoms. The summed E-state index contributed by atoms with van der Waals surface area (Å²) in [4.78, 5) is 21.0. The average molecular weight is 330 g/mol. The molecule has 4 rings (SSSR count). The maximum absolute atomic E-state index is 12.7. The van der Waals surface area contributed by atoms with Gasteiger partial charge in [0, 0.05) is 26.7 Å². The second kappa shape index (κ2) is 6.31. The minimum atomic E-state index is -0.127. The van der Waals surface area contributed by atoms with Crippen molar-refractivity contribution in [3.63, 3.8) is 0 Å². The summed E-state index contributed by atoms with van der Waals surface area (Å²) in [7, 11) is 1.76. The molecule has 4 heterocycles. The molecule has 0 unspecified atom stereocenters. The lowest BCUT2D eigenvalue weighted by Gasteiger charge is -2.19. The molecule has 9 heteroatoms. The van der Waals surface area contributed by atoms with Crippen molar-refractivity contribution >= 4 is 5.91 Å². The molecule has 9 nitrogen and oxygen atoms in total. The molecule has 2 aliphatic rings. The second-order valence-corrected chi connectivity index (χ2v) is 6.51. The third-order valence-electron chi connectivity index (χ3n) is 4.71. The molecule has 1 saturated heterocycles. The van der Waals surface area contributed by atoms with Crippen molar-refractivity contribution in [3.05, 3.63) is 23.5 Å². The van der Waals surface area contributed by atoms with E-state index in [0.29, 0.717) is 13.1 Å². The van der Waals surface area contributed by atoms with Crippen LogP contribution < -0.4 is 0 Å². The molecule has 0 N–H and O–H groups in total. The predicted molar refractivity (Wildman–Crippen MR) is 84.9 cm³/mol. The van der Waals surface area contributed by atoms with E-state index < -0.39 is 0 Å². The summed E-state index contributed by atoms with van der Waals surface area (Å²) in [6.07, 6.45) is 4.91. The highest BCUT2D eigenvalue weighted by atomic mass is 16.2. The monoisotopic (exact) mass is 330 g/mol. The van der Waals surface area contributed by atoms with Gasteiger partial charge in [-0.1, -0.05) is 5.21 Å². The van der Waals surface area contributed by atoms with Gasteiger partial charge in [0.15, 0.2) is 0 Å². The number of rotatable bonds is 3. The summed E-state index contributed by atoms with van der Waals surface area (Å²) in [6.45, 7) is 5.05. The average Bonchev–Trinajstić information content (AvgIpc) is 3.28. The summed E-state index contributed by atoms with van der Waals surface area (Å²) >= 11 is 0. The molecular formula is C15H22N8O. The van der Waals surface area contributed by atoms with Crippen molar-refractivity contribution in [2.45, 2.75) is 38.9 Å². The Morgan fingerprint density at radius 2 is 2.00 bits per heavy atom. The van der Waals surface area contributed by atoms with Gasteiger partial charge in [-0.2, -0.15) is 0 Å². The number of aryl methyl sites for hydroxylation is 2. The van der Waals surface area contributed by atoms with Crippen LogP contribution in [0.25, 0.3) is 0 Å². The first kappa shape index (κ1) is 15.3. The molecule has 0 aliphatic carbocycles. The summed E-state index contributed by atoms with van der Waals surface area (Å²) in [5.41, 5.74) is 2.04. The van der Waals surface area contributed by atoms with E-state index in [1.165, 1.54) is 12.8 Å². The Bertz CT molecular complexity index is 730. The molecule has 128 valence electrons. The molecule has 2 aromatic rings. The van der Waals surface area contributed by atoms with Gasteiger partial charge < -0.3 is 4.90 Å². The van der Waals surface area contributed by atoms with Crippen molar-refractivity contribution in [1.29, 1.82) is 0 Å². The highest BCUT2D eigenvalue weighted by molar-refractivity contribution is 5.90. The molecule has 0 atom stereocenters. The van der Waals surface area contributed by atoms with E-state index in [1.807, 2.05) is 9.58 Å². The van der Waals surface area contributed by atoms with Crippen molar-refractivity contribution < 1.29 is 4.79 Å². The Labute approximate surface area is 140 Å². The molecule has 2 aliphatic heterocycles. The molecule has 24 heavy (non-hydrogen) atoms. The van der Waals surface area contributed by atoms with E-state index in [9.17, 15) is 4.79 Å². The topological polar surface area (TPSA) is 85.0 Å². The van der Waals surface area contributed by atoms with Crippen LogP contribution in [0.1, 0.15) is 41.3 Å². The van der Waals surface area contributed by atoms with Gasteiger partial charge in [-0.25, -0.2) is 9.67 Å². The van der Waals surface area contributed by atoms with Crippen LogP contribution in [0.3, 0.4) is 0 Å². The van der Waals surface area contributed by atoms with E-state index in [-0.39, 0.29) is 11.7 Å². The lowest BCUT2D eigenvalue weighted by molar-refractivity contribution is 0.0732. The highest BCUT2D eigenvalue weighted by Gasteiger charge is 2.27. The first-order chi connectivity index (χ1) is 11.7. The van der Waals surface area contributed by atoms with E-state index in [0.717, 1.165) is 44.0 Å². The number of carbonyl (C=O) groups is 1. The minimum absolute atomic E-state index is 0.127. The van der Waals surface area contributed by atoms with E-state index >= 15 is 0 Å². The van der Waals surface area contributed by atoms with Gasteiger partial charge in [0.25, 0.3) is 5.91 Å². The quantitative estimate of drug-likeness (QED) is 0.790. The van der Waals surface area contributed by atoms with Gasteiger partial charge in [-0.05, 0) is 32.4 Å². The van der Waals surface area contributed by atoms with Crippen LogP contribution in [0, 0.1) is 0 Å². The van der Waals surface area contributed by atoms with Crippen LogP contribution in [-0.4, -0.2) is 65.1 Å². The van der Waals surface area contributed by atoms with Crippen molar-refractivity contribution in [2.75, 3.05) is 19.6 Å². The highest BCUT2D eigenvalue weighted by Crippen LogP contribution is 2.19. The molecule has 0 bridgehead atoms. The first-order valence-electron chi connectivity index (χ1n) is 8.49. The predicted octanol–water partition coefficient (Wildman–Crippen LogP) is 0.0485. The summed E-state index contributed by atoms with van der Waals surface area (Å²) < 4.78 is 3.50. The largest absolute Gasteiger partial charge is 0.330 e. The third kappa shape index (κ3) is 2.91. The van der Waals surface area contributed by atoms with Crippen LogP contribution in [-0.2, 0) is 26.7 Å². The molecule has 1 amide bonds. The molecule has 2 aromatic heterocycles. The van der Waals surface area contributed by atoms with E-state index in [4.69, 9.17) is 0 Å². The zero-order valence-corrected chi connectivity index (χ0v) is 13.9. The zero-order chi connectivity index (χ0) is 16.5. The number of hydrogen-bond donors (Lipinski definition) is 0. The number of likely N-dealkylation sites (tertiary alicyclic amines) is 1. The number of hydrogen-bond acceptors (Lipinski definition) is 6. The Morgan fingerprint density at radius 3 is 2.75 bits per heavy atom. The lowest BCUT2D eigenvalue weighted by Crippen LogP contribution is -2.32. The number of nitrogens with zero attached hydrogens (tertiary/aromatic N) is 8. The van der Waals surface area contributed by atoms with E-state index in [1.54, 1.807) is 18.1 Å². The SMILES string of the molecule is Cn1cnc(C(=O)N2CCCn3nnc(CN4CCCC4)c3C2)n1. The minimum Gasteiger partial charge on any atom is -0.330 e.